The standard InChI is InChI=1S/C15H22FN3O2/c1-3-18-9-11-4-5-13(12(16)8-11)19-6-7-21-10-14(19)15(20)17-2/h4-5,8,14,18H,3,6-7,9-10H2,1-2H3,(H,17,20). The van der Waals surface area contributed by atoms with E-state index in [0.717, 1.165) is 12.1 Å². The summed E-state index contributed by atoms with van der Waals surface area (Å²) in [5.74, 6) is -0.466. The number of ether oxygens (including phenoxy) is 1. The zero-order valence-corrected chi connectivity index (χ0v) is 12.5. The second kappa shape index (κ2) is 7.38. The van der Waals surface area contributed by atoms with Crippen LogP contribution in [0.2, 0.25) is 0 Å². The van der Waals surface area contributed by atoms with E-state index in [1.54, 1.807) is 18.0 Å². The highest BCUT2D eigenvalue weighted by Gasteiger charge is 2.30. The predicted molar refractivity (Wildman–Crippen MR) is 79.8 cm³/mol. The number of benzene rings is 1. The van der Waals surface area contributed by atoms with Gasteiger partial charge in [0.1, 0.15) is 11.9 Å². The van der Waals surface area contributed by atoms with Crippen LogP contribution in [0.25, 0.3) is 0 Å². The lowest BCUT2D eigenvalue weighted by Crippen LogP contribution is -2.53. The van der Waals surface area contributed by atoms with Gasteiger partial charge in [0, 0.05) is 20.1 Å². The van der Waals surface area contributed by atoms with Gasteiger partial charge in [-0.15, -0.1) is 0 Å². The van der Waals surface area contributed by atoms with Crippen molar-refractivity contribution >= 4 is 11.6 Å². The van der Waals surface area contributed by atoms with Gasteiger partial charge in [0.25, 0.3) is 0 Å². The Morgan fingerprint density at radius 1 is 1.52 bits per heavy atom. The third kappa shape index (κ3) is 3.71. The van der Waals surface area contributed by atoms with Crippen molar-refractivity contribution in [2.45, 2.75) is 19.5 Å². The number of halogens is 1. The predicted octanol–water partition coefficient (Wildman–Crippen LogP) is 0.886. The van der Waals surface area contributed by atoms with Gasteiger partial charge >= 0.3 is 0 Å². The summed E-state index contributed by atoms with van der Waals surface area (Å²) in [7, 11) is 1.57. The topological polar surface area (TPSA) is 53.6 Å². The highest BCUT2D eigenvalue weighted by molar-refractivity contribution is 5.85. The molecular weight excluding hydrogens is 273 g/mol. The first-order valence-corrected chi connectivity index (χ1v) is 7.22. The molecule has 1 saturated heterocycles. The quantitative estimate of drug-likeness (QED) is 0.847. The molecule has 1 unspecified atom stereocenters. The van der Waals surface area contributed by atoms with Gasteiger partial charge in [-0.05, 0) is 24.2 Å². The van der Waals surface area contributed by atoms with E-state index < -0.39 is 6.04 Å². The van der Waals surface area contributed by atoms with Gasteiger partial charge in [0.2, 0.25) is 5.91 Å². The van der Waals surface area contributed by atoms with E-state index in [1.165, 1.54) is 6.07 Å². The van der Waals surface area contributed by atoms with Crippen molar-refractivity contribution in [1.29, 1.82) is 0 Å². The molecule has 1 aromatic rings. The minimum atomic E-state index is -0.488. The van der Waals surface area contributed by atoms with Gasteiger partial charge in [-0.25, -0.2) is 4.39 Å². The normalized spacial score (nSPS) is 18.6. The van der Waals surface area contributed by atoms with Gasteiger partial charge in [0.15, 0.2) is 0 Å². The highest BCUT2D eigenvalue weighted by atomic mass is 19.1. The van der Waals surface area contributed by atoms with Crippen molar-refractivity contribution in [2.75, 3.05) is 38.3 Å². The fourth-order valence-corrected chi connectivity index (χ4v) is 2.44. The van der Waals surface area contributed by atoms with E-state index in [9.17, 15) is 9.18 Å². The lowest BCUT2D eigenvalue weighted by molar-refractivity contribution is -0.124. The Hall–Kier alpha value is -1.66. The van der Waals surface area contributed by atoms with Crippen LogP contribution < -0.4 is 15.5 Å². The van der Waals surface area contributed by atoms with E-state index in [4.69, 9.17) is 4.74 Å². The molecule has 0 aromatic heterocycles. The van der Waals surface area contributed by atoms with Gasteiger partial charge in [0.05, 0.1) is 18.9 Å². The molecule has 0 saturated carbocycles. The summed E-state index contributed by atoms with van der Waals surface area (Å²) < 4.78 is 19.7. The summed E-state index contributed by atoms with van der Waals surface area (Å²) in [5.41, 5.74) is 1.34. The molecule has 0 radical (unpaired) electrons. The van der Waals surface area contributed by atoms with Crippen LogP contribution in [-0.2, 0) is 16.1 Å². The zero-order chi connectivity index (χ0) is 15.2. The summed E-state index contributed by atoms with van der Waals surface area (Å²) in [5, 5.41) is 5.76. The van der Waals surface area contributed by atoms with Crippen molar-refractivity contribution < 1.29 is 13.9 Å². The Labute approximate surface area is 124 Å². The number of anilines is 1. The lowest BCUT2D eigenvalue weighted by Gasteiger charge is -2.36. The average molecular weight is 295 g/mol. The first kappa shape index (κ1) is 15.7. The largest absolute Gasteiger partial charge is 0.377 e. The first-order valence-electron chi connectivity index (χ1n) is 7.22. The van der Waals surface area contributed by atoms with Crippen LogP contribution in [0.4, 0.5) is 10.1 Å². The number of carbonyl (C=O) groups is 1. The molecule has 1 heterocycles. The molecule has 1 aliphatic heterocycles. The molecule has 6 heteroatoms. The number of nitrogens with zero attached hydrogens (tertiary/aromatic N) is 1. The van der Waals surface area contributed by atoms with Gasteiger partial charge < -0.3 is 20.3 Å². The Morgan fingerprint density at radius 2 is 2.33 bits per heavy atom. The number of rotatable bonds is 5. The van der Waals surface area contributed by atoms with Crippen molar-refractivity contribution in [3.8, 4) is 0 Å². The van der Waals surface area contributed by atoms with E-state index in [0.29, 0.717) is 25.4 Å². The maximum absolute atomic E-state index is 14.4. The van der Waals surface area contributed by atoms with Gasteiger partial charge in [-0.3, -0.25) is 4.79 Å². The Morgan fingerprint density at radius 3 is 3.00 bits per heavy atom. The second-order valence-corrected chi connectivity index (χ2v) is 4.96. The summed E-state index contributed by atoms with van der Waals surface area (Å²) in [4.78, 5) is 13.7. The minimum Gasteiger partial charge on any atom is -0.377 e. The van der Waals surface area contributed by atoms with Crippen molar-refractivity contribution in [2.24, 2.45) is 0 Å². The van der Waals surface area contributed by atoms with E-state index in [-0.39, 0.29) is 18.3 Å². The third-order valence-electron chi connectivity index (χ3n) is 3.58. The molecule has 5 nitrogen and oxygen atoms in total. The number of nitrogens with one attached hydrogen (secondary N) is 2. The fourth-order valence-electron chi connectivity index (χ4n) is 2.44. The number of hydrogen-bond donors (Lipinski definition) is 2. The lowest BCUT2D eigenvalue weighted by atomic mass is 10.1. The molecule has 2 rings (SSSR count). The summed E-state index contributed by atoms with van der Waals surface area (Å²) in [6.07, 6.45) is 0. The zero-order valence-electron chi connectivity index (χ0n) is 12.5. The third-order valence-corrected chi connectivity index (χ3v) is 3.58. The Kier molecular flexibility index (Phi) is 5.52. The smallest absolute Gasteiger partial charge is 0.244 e. The van der Waals surface area contributed by atoms with Crippen LogP contribution >= 0.6 is 0 Å². The maximum Gasteiger partial charge on any atom is 0.244 e. The molecule has 1 amide bonds. The average Bonchev–Trinajstić information content (AvgIpc) is 2.52. The van der Waals surface area contributed by atoms with Crippen molar-refractivity contribution in [3.63, 3.8) is 0 Å². The molecule has 1 atom stereocenters. The van der Waals surface area contributed by atoms with Gasteiger partial charge in [-0.2, -0.15) is 0 Å². The molecular formula is C15H22FN3O2. The van der Waals surface area contributed by atoms with Crippen LogP contribution in [0.15, 0.2) is 18.2 Å². The first-order chi connectivity index (χ1) is 10.2. The van der Waals surface area contributed by atoms with Crippen LogP contribution in [0.5, 0.6) is 0 Å². The molecule has 0 aliphatic carbocycles. The van der Waals surface area contributed by atoms with Crippen LogP contribution in [0, 0.1) is 5.82 Å². The summed E-state index contributed by atoms with van der Waals surface area (Å²) >= 11 is 0. The molecule has 0 bridgehead atoms. The number of morpholine rings is 1. The van der Waals surface area contributed by atoms with Crippen molar-refractivity contribution in [1.82, 2.24) is 10.6 Å². The number of hydrogen-bond acceptors (Lipinski definition) is 4. The van der Waals surface area contributed by atoms with Crippen LogP contribution in [0.1, 0.15) is 12.5 Å². The summed E-state index contributed by atoms with van der Waals surface area (Å²) in [6, 6.07) is 4.66. The van der Waals surface area contributed by atoms with E-state index in [1.807, 2.05) is 13.0 Å². The SMILES string of the molecule is CCNCc1ccc(N2CCOCC2C(=O)NC)c(F)c1. The van der Waals surface area contributed by atoms with Crippen LogP contribution in [-0.4, -0.2) is 45.3 Å². The van der Waals surface area contributed by atoms with E-state index >= 15 is 0 Å². The number of carbonyl (C=O) groups excluding carboxylic acids is 1. The number of amides is 1. The van der Waals surface area contributed by atoms with Crippen molar-refractivity contribution in [3.05, 3.63) is 29.6 Å². The molecule has 2 N–H and O–H groups in total. The summed E-state index contributed by atoms with van der Waals surface area (Å²) in [6.45, 7) is 4.75. The molecule has 21 heavy (non-hydrogen) atoms. The minimum absolute atomic E-state index is 0.161. The Bertz CT molecular complexity index is 496. The molecule has 0 spiro atoms. The van der Waals surface area contributed by atoms with E-state index in [2.05, 4.69) is 10.6 Å². The molecule has 1 aromatic carbocycles. The van der Waals surface area contributed by atoms with Crippen LogP contribution in [0.3, 0.4) is 0 Å². The fraction of sp³-hybridized carbons (Fsp3) is 0.533. The Balaban J connectivity index is 2.20. The second-order valence-electron chi connectivity index (χ2n) is 4.96. The molecule has 1 aliphatic rings. The highest BCUT2D eigenvalue weighted by Crippen LogP contribution is 2.24. The number of likely N-dealkylation sites (N-methyl/N-ethyl adjacent to an activating group) is 1. The maximum atomic E-state index is 14.4. The molecule has 1 fully saturated rings. The molecule has 116 valence electrons. The van der Waals surface area contributed by atoms with Gasteiger partial charge in [-0.1, -0.05) is 13.0 Å². The monoisotopic (exact) mass is 295 g/mol.